The molecule has 1 aromatic rings. The highest BCUT2D eigenvalue weighted by atomic mass is 32.2. The number of carbonyl (C=O) groups excluding carboxylic acids is 1. The lowest BCUT2D eigenvalue weighted by Crippen LogP contribution is -2.44. The van der Waals surface area contributed by atoms with Gasteiger partial charge in [-0.2, -0.15) is 0 Å². The topological polar surface area (TPSA) is 38.3 Å². The maximum absolute atomic E-state index is 11.9. The lowest BCUT2D eigenvalue weighted by molar-refractivity contribution is -0.121. The van der Waals surface area contributed by atoms with Crippen molar-refractivity contribution in [3.63, 3.8) is 0 Å². The zero-order valence-electron chi connectivity index (χ0n) is 12.1. The maximum Gasteiger partial charge on any atom is 0.233 e. The van der Waals surface area contributed by atoms with Crippen LogP contribution in [0.5, 0.6) is 5.75 Å². The highest BCUT2D eigenvalue weighted by Crippen LogP contribution is 2.14. The van der Waals surface area contributed by atoms with Gasteiger partial charge in [-0.05, 0) is 39.8 Å². The summed E-state index contributed by atoms with van der Waals surface area (Å²) >= 11 is 1.61. The number of ether oxygens (including phenoxy) is 1. The van der Waals surface area contributed by atoms with Crippen LogP contribution in [0.3, 0.4) is 0 Å². The number of para-hydroxylation sites is 1. The fraction of sp³-hybridized carbons (Fsp3) is 0.533. The second kappa shape index (κ2) is 7.43. The number of amides is 1. The molecule has 0 unspecified atom stereocenters. The molecule has 1 N–H and O–H groups in total. The molecule has 1 atom stereocenters. The monoisotopic (exact) mass is 281 g/mol. The first-order valence-electron chi connectivity index (χ1n) is 6.50. The van der Waals surface area contributed by atoms with E-state index < -0.39 is 0 Å². The Morgan fingerprint density at radius 3 is 2.53 bits per heavy atom. The Morgan fingerprint density at radius 2 is 1.95 bits per heavy atom. The highest BCUT2D eigenvalue weighted by Gasteiger charge is 2.19. The van der Waals surface area contributed by atoms with Crippen molar-refractivity contribution < 1.29 is 9.53 Å². The van der Waals surface area contributed by atoms with Crippen molar-refractivity contribution in [2.45, 2.75) is 38.5 Å². The van der Waals surface area contributed by atoms with Gasteiger partial charge in [0, 0.05) is 11.3 Å². The van der Waals surface area contributed by atoms with Gasteiger partial charge in [-0.15, -0.1) is 11.8 Å². The number of thioether (sulfide) groups is 1. The Kier molecular flexibility index (Phi) is 6.22. The number of hydrogen-bond donors (Lipinski definition) is 1. The van der Waals surface area contributed by atoms with E-state index in [0.29, 0.717) is 6.61 Å². The summed E-state index contributed by atoms with van der Waals surface area (Å²) < 4.78 is 5.58. The molecule has 0 fully saturated rings. The minimum Gasteiger partial charge on any atom is -0.493 e. The van der Waals surface area contributed by atoms with E-state index in [1.165, 1.54) is 0 Å². The summed E-state index contributed by atoms with van der Waals surface area (Å²) in [7, 11) is 0. The van der Waals surface area contributed by atoms with Crippen LogP contribution < -0.4 is 10.1 Å². The number of rotatable bonds is 6. The van der Waals surface area contributed by atoms with Crippen LogP contribution in [-0.4, -0.2) is 29.1 Å². The molecule has 0 aliphatic rings. The van der Waals surface area contributed by atoms with Crippen molar-refractivity contribution in [3.05, 3.63) is 30.3 Å². The van der Waals surface area contributed by atoms with E-state index in [1.54, 1.807) is 11.8 Å². The molecule has 0 aromatic heterocycles. The van der Waals surface area contributed by atoms with Gasteiger partial charge >= 0.3 is 0 Å². The zero-order valence-corrected chi connectivity index (χ0v) is 12.9. The molecular weight excluding hydrogens is 258 g/mol. The van der Waals surface area contributed by atoms with Gasteiger partial charge < -0.3 is 10.1 Å². The lowest BCUT2D eigenvalue weighted by atomic mass is 10.1. The van der Waals surface area contributed by atoms with E-state index in [9.17, 15) is 4.79 Å². The van der Waals surface area contributed by atoms with E-state index in [1.807, 2.05) is 58.0 Å². The predicted octanol–water partition coefficient (Wildman–Crippen LogP) is 3.10. The number of hydrogen-bond acceptors (Lipinski definition) is 3. The van der Waals surface area contributed by atoms with Crippen molar-refractivity contribution in [1.82, 2.24) is 5.32 Å². The van der Waals surface area contributed by atoms with Crippen molar-refractivity contribution in [2.24, 2.45) is 0 Å². The first-order chi connectivity index (χ1) is 8.88. The van der Waals surface area contributed by atoms with E-state index >= 15 is 0 Å². The van der Waals surface area contributed by atoms with Gasteiger partial charge in [0.05, 0.1) is 11.9 Å². The van der Waals surface area contributed by atoms with E-state index in [0.717, 1.165) is 11.5 Å². The largest absolute Gasteiger partial charge is 0.493 e. The Morgan fingerprint density at radius 1 is 1.32 bits per heavy atom. The first kappa shape index (κ1) is 15.9. The van der Waals surface area contributed by atoms with Crippen LogP contribution in [0.4, 0.5) is 0 Å². The van der Waals surface area contributed by atoms with E-state index in [4.69, 9.17) is 4.74 Å². The maximum atomic E-state index is 11.9. The third kappa shape index (κ3) is 7.11. The van der Waals surface area contributed by atoms with Crippen LogP contribution in [-0.2, 0) is 4.79 Å². The molecule has 1 rings (SSSR count). The minimum atomic E-state index is -0.174. The van der Waals surface area contributed by atoms with Crippen molar-refractivity contribution in [1.29, 1.82) is 0 Å². The lowest BCUT2D eigenvalue weighted by Gasteiger charge is -2.23. The third-order valence-electron chi connectivity index (χ3n) is 2.33. The summed E-state index contributed by atoms with van der Waals surface area (Å²) in [5, 5.41) is 2.92. The van der Waals surface area contributed by atoms with E-state index in [-0.39, 0.29) is 16.7 Å². The zero-order chi connectivity index (χ0) is 14.3. The molecule has 0 spiro atoms. The van der Waals surface area contributed by atoms with Gasteiger partial charge in [0.25, 0.3) is 0 Å². The van der Waals surface area contributed by atoms with Gasteiger partial charge in [-0.25, -0.2) is 0 Å². The van der Waals surface area contributed by atoms with E-state index in [2.05, 4.69) is 5.32 Å². The summed E-state index contributed by atoms with van der Waals surface area (Å²) in [6, 6.07) is 9.71. The molecule has 0 aliphatic carbocycles. The number of carbonyl (C=O) groups is 1. The van der Waals surface area contributed by atoms with Crippen LogP contribution >= 0.6 is 11.8 Å². The molecule has 1 aromatic carbocycles. The Bertz CT molecular complexity index is 387. The van der Waals surface area contributed by atoms with Crippen LogP contribution in [0.15, 0.2) is 30.3 Å². The summed E-state index contributed by atoms with van der Waals surface area (Å²) in [6.07, 6.45) is 0. The fourth-order valence-electron chi connectivity index (χ4n) is 1.45. The predicted molar refractivity (Wildman–Crippen MR) is 81.8 cm³/mol. The standard InChI is InChI=1S/C15H23NO2S/c1-12(14(17)16-15(2,3)4)19-11-10-18-13-8-6-5-7-9-13/h5-9,12H,10-11H2,1-4H3,(H,16,17)/t12-/m0/s1. The van der Waals surface area contributed by atoms with Gasteiger partial charge in [0.1, 0.15) is 5.75 Å². The molecule has 3 nitrogen and oxygen atoms in total. The van der Waals surface area contributed by atoms with Crippen LogP contribution in [0, 0.1) is 0 Å². The van der Waals surface area contributed by atoms with Crippen LogP contribution in [0.1, 0.15) is 27.7 Å². The Balaban J connectivity index is 2.20. The first-order valence-corrected chi connectivity index (χ1v) is 7.55. The summed E-state index contributed by atoms with van der Waals surface area (Å²) in [6.45, 7) is 8.50. The highest BCUT2D eigenvalue weighted by molar-refractivity contribution is 8.00. The Labute approximate surface area is 120 Å². The molecule has 4 heteroatoms. The van der Waals surface area contributed by atoms with Crippen LogP contribution in [0.25, 0.3) is 0 Å². The van der Waals surface area contributed by atoms with Crippen molar-refractivity contribution in [3.8, 4) is 5.75 Å². The summed E-state index contributed by atoms with van der Waals surface area (Å²) in [5.41, 5.74) is -0.174. The molecule has 0 radical (unpaired) electrons. The Hall–Kier alpha value is -1.16. The smallest absolute Gasteiger partial charge is 0.233 e. The fourth-order valence-corrected chi connectivity index (χ4v) is 2.19. The molecule has 1 amide bonds. The molecular formula is C15H23NO2S. The SMILES string of the molecule is C[C@H](SCCOc1ccccc1)C(=O)NC(C)(C)C. The normalized spacial score (nSPS) is 12.8. The molecule has 106 valence electrons. The molecule has 0 saturated heterocycles. The van der Waals surface area contributed by atoms with Crippen molar-refractivity contribution >= 4 is 17.7 Å². The van der Waals surface area contributed by atoms with Gasteiger partial charge in [-0.3, -0.25) is 4.79 Å². The third-order valence-corrected chi connectivity index (χ3v) is 3.45. The number of nitrogens with one attached hydrogen (secondary N) is 1. The van der Waals surface area contributed by atoms with Gasteiger partial charge in [-0.1, -0.05) is 18.2 Å². The average Bonchev–Trinajstić information content (AvgIpc) is 2.33. The molecule has 0 bridgehead atoms. The average molecular weight is 281 g/mol. The van der Waals surface area contributed by atoms with Crippen LogP contribution in [0.2, 0.25) is 0 Å². The quantitative estimate of drug-likeness (QED) is 0.814. The molecule has 0 aliphatic heterocycles. The second-order valence-corrected chi connectivity index (χ2v) is 6.86. The summed E-state index contributed by atoms with van der Waals surface area (Å²) in [4.78, 5) is 11.9. The second-order valence-electron chi connectivity index (χ2n) is 5.41. The minimum absolute atomic E-state index is 0.0569. The van der Waals surface area contributed by atoms with Crippen molar-refractivity contribution in [2.75, 3.05) is 12.4 Å². The number of benzene rings is 1. The molecule has 0 saturated carbocycles. The van der Waals surface area contributed by atoms with Gasteiger partial charge in [0.15, 0.2) is 0 Å². The molecule has 0 heterocycles. The molecule has 19 heavy (non-hydrogen) atoms. The summed E-state index contributed by atoms with van der Waals surface area (Å²) in [5.74, 6) is 1.75. The van der Waals surface area contributed by atoms with Gasteiger partial charge in [0.2, 0.25) is 5.91 Å².